The smallest absolute Gasteiger partial charge is 0.308 e. The molecule has 1 unspecified atom stereocenters. The van der Waals surface area contributed by atoms with Gasteiger partial charge in [-0.05, 0) is 37.1 Å². The van der Waals surface area contributed by atoms with Crippen molar-refractivity contribution in [2.45, 2.75) is 20.8 Å². The third-order valence-electron chi connectivity index (χ3n) is 3.58. The van der Waals surface area contributed by atoms with Crippen molar-refractivity contribution in [1.29, 1.82) is 0 Å². The first kappa shape index (κ1) is 14.1. The molecule has 1 heterocycles. The first-order valence-corrected chi connectivity index (χ1v) is 6.50. The molecule has 0 saturated heterocycles. The number of benzene rings is 1. The zero-order chi connectivity index (χ0) is 14.9. The van der Waals surface area contributed by atoms with Crippen LogP contribution in [0.5, 0.6) is 0 Å². The van der Waals surface area contributed by atoms with E-state index in [0.717, 1.165) is 16.5 Å². The third-order valence-corrected chi connectivity index (χ3v) is 3.58. The highest BCUT2D eigenvalue weighted by Gasteiger charge is 2.15. The highest BCUT2D eigenvalue weighted by atomic mass is 16.4. The Labute approximate surface area is 117 Å². The molecule has 2 rings (SSSR count). The molecule has 1 amide bonds. The molecule has 20 heavy (non-hydrogen) atoms. The lowest BCUT2D eigenvalue weighted by Crippen LogP contribution is -2.31. The summed E-state index contributed by atoms with van der Waals surface area (Å²) in [6.07, 6.45) is 0. The van der Waals surface area contributed by atoms with Crippen molar-refractivity contribution < 1.29 is 14.7 Å². The lowest BCUT2D eigenvalue weighted by molar-refractivity contribution is -0.140. The second kappa shape index (κ2) is 5.36. The summed E-state index contributed by atoms with van der Waals surface area (Å²) in [6.45, 7) is 5.71. The van der Waals surface area contributed by atoms with Crippen molar-refractivity contribution in [1.82, 2.24) is 10.3 Å². The Bertz CT molecular complexity index is 673. The van der Waals surface area contributed by atoms with Gasteiger partial charge in [-0.15, -0.1) is 0 Å². The summed E-state index contributed by atoms with van der Waals surface area (Å²) >= 11 is 0. The number of hydrogen-bond acceptors (Lipinski definition) is 2. The molecule has 1 aromatic carbocycles. The van der Waals surface area contributed by atoms with Crippen LogP contribution in [0.25, 0.3) is 10.9 Å². The summed E-state index contributed by atoms with van der Waals surface area (Å²) in [5.74, 6) is -1.81. The first-order chi connectivity index (χ1) is 9.40. The van der Waals surface area contributed by atoms with Gasteiger partial charge >= 0.3 is 5.97 Å². The fraction of sp³-hybridized carbons (Fsp3) is 0.333. The van der Waals surface area contributed by atoms with Crippen molar-refractivity contribution in [3.63, 3.8) is 0 Å². The summed E-state index contributed by atoms with van der Waals surface area (Å²) in [6, 6.07) is 5.75. The Hall–Kier alpha value is -2.30. The van der Waals surface area contributed by atoms with Gasteiger partial charge in [0.1, 0.15) is 5.69 Å². The zero-order valence-corrected chi connectivity index (χ0v) is 11.8. The third kappa shape index (κ3) is 2.66. The molecule has 0 fully saturated rings. The minimum absolute atomic E-state index is 0.113. The number of carboxylic acid groups (broad SMARTS) is 1. The van der Waals surface area contributed by atoms with Gasteiger partial charge in [0, 0.05) is 17.4 Å². The van der Waals surface area contributed by atoms with E-state index in [1.165, 1.54) is 5.56 Å². The Morgan fingerprint density at radius 2 is 2.05 bits per heavy atom. The van der Waals surface area contributed by atoms with E-state index in [1.54, 1.807) is 13.0 Å². The van der Waals surface area contributed by atoms with Crippen LogP contribution in [0.3, 0.4) is 0 Å². The predicted molar refractivity (Wildman–Crippen MR) is 76.9 cm³/mol. The maximum absolute atomic E-state index is 12.0. The van der Waals surface area contributed by atoms with Gasteiger partial charge in [0.15, 0.2) is 0 Å². The lowest BCUT2D eigenvalue weighted by Gasteiger charge is -2.06. The SMILES string of the molecule is Cc1ccc2[nH]c(C(=O)NCC(C)C(=O)O)cc2c1C. The van der Waals surface area contributed by atoms with Crippen molar-refractivity contribution in [3.8, 4) is 0 Å². The summed E-state index contributed by atoms with van der Waals surface area (Å²) in [7, 11) is 0. The molecule has 0 saturated carbocycles. The first-order valence-electron chi connectivity index (χ1n) is 6.50. The molecule has 1 aromatic heterocycles. The molecule has 0 aliphatic heterocycles. The number of amides is 1. The van der Waals surface area contributed by atoms with E-state index in [0.29, 0.717) is 5.69 Å². The Kier molecular flexibility index (Phi) is 3.79. The molecule has 3 N–H and O–H groups in total. The summed E-state index contributed by atoms with van der Waals surface area (Å²) < 4.78 is 0. The number of aromatic amines is 1. The molecular formula is C15H18N2O3. The van der Waals surface area contributed by atoms with Crippen LogP contribution in [0.15, 0.2) is 18.2 Å². The molecule has 0 spiro atoms. The van der Waals surface area contributed by atoms with Crippen LogP contribution in [0, 0.1) is 19.8 Å². The summed E-state index contributed by atoms with van der Waals surface area (Å²) in [4.78, 5) is 25.8. The summed E-state index contributed by atoms with van der Waals surface area (Å²) in [5, 5.41) is 12.4. The number of nitrogens with one attached hydrogen (secondary N) is 2. The number of rotatable bonds is 4. The van der Waals surface area contributed by atoms with Gasteiger partial charge in [-0.1, -0.05) is 13.0 Å². The van der Waals surface area contributed by atoms with Gasteiger partial charge in [0.05, 0.1) is 5.92 Å². The van der Waals surface area contributed by atoms with E-state index >= 15 is 0 Å². The molecule has 0 aliphatic carbocycles. The number of hydrogen-bond donors (Lipinski definition) is 3. The van der Waals surface area contributed by atoms with Crippen molar-refractivity contribution in [2.24, 2.45) is 5.92 Å². The van der Waals surface area contributed by atoms with Gasteiger partial charge in [-0.25, -0.2) is 0 Å². The van der Waals surface area contributed by atoms with E-state index in [9.17, 15) is 9.59 Å². The number of carbonyl (C=O) groups is 2. The summed E-state index contributed by atoms with van der Waals surface area (Å²) in [5.41, 5.74) is 3.66. The zero-order valence-electron chi connectivity index (χ0n) is 11.8. The predicted octanol–water partition coefficient (Wildman–Crippen LogP) is 2.24. The van der Waals surface area contributed by atoms with Gasteiger partial charge in [-0.3, -0.25) is 9.59 Å². The Morgan fingerprint density at radius 3 is 2.70 bits per heavy atom. The van der Waals surface area contributed by atoms with Crippen molar-refractivity contribution >= 4 is 22.8 Å². The van der Waals surface area contributed by atoms with Crippen LogP contribution in [-0.2, 0) is 4.79 Å². The standard InChI is InChI=1S/C15H18N2O3/c1-8-4-5-12-11(10(8)3)6-13(17-12)14(18)16-7-9(2)15(19)20/h4-6,9,17H,7H2,1-3H3,(H,16,18)(H,19,20). The van der Waals surface area contributed by atoms with Crippen LogP contribution < -0.4 is 5.32 Å². The fourth-order valence-corrected chi connectivity index (χ4v) is 2.01. The molecule has 0 radical (unpaired) electrons. The maximum atomic E-state index is 12.0. The maximum Gasteiger partial charge on any atom is 0.308 e. The second-order valence-electron chi connectivity index (χ2n) is 5.10. The van der Waals surface area contributed by atoms with Gasteiger partial charge in [-0.2, -0.15) is 0 Å². The highest BCUT2D eigenvalue weighted by Crippen LogP contribution is 2.22. The topological polar surface area (TPSA) is 82.2 Å². The largest absolute Gasteiger partial charge is 0.481 e. The van der Waals surface area contributed by atoms with E-state index in [1.807, 2.05) is 26.0 Å². The number of carboxylic acids is 1. The highest BCUT2D eigenvalue weighted by molar-refractivity contribution is 5.99. The lowest BCUT2D eigenvalue weighted by atomic mass is 10.1. The van der Waals surface area contributed by atoms with E-state index in [4.69, 9.17) is 5.11 Å². The normalized spacial score (nSPS) is 12.3. The molecule has 5 nitrogen and oxygen atoms in total. The van der Waals surface area contributed by atoms with Crippen LogP contribution in [0.2, 0.25) is 0 Å². The van der Waals surface area contributed by atoms with Gasteiger partial charge < -0.3 is 15.4 Å². The number of carbonyl (C=O) groups excluding carboxylic acids is 1. The minimum Gasteiger partial charge on any atom is -0.481 e. The average Bonchev–Trinajstić information content (AvgIpc) is 2.84. The molecule has 1 atom stereocenters. The van der Waals surface area contributed by atoms with E-state index < -0.39 is 11.9 Å². The average molecular weight is 274 g/mol. The number of fused-ring (bicyclic) bond motifs is 1. The monoisotopic (exact) mass is 274 g/mol. The number of H-pyrrole nitrogens is 1. The van der Waals surface area contributed by atoms with Crippen LogP contribution in [0.4, 0.5) is 0 Å². The molecule has 5 heteroatoms. The van der Waals surface area contributed by atoms with Crippen LogP contribution in [-0.4, -0.2) is 28.5 Å². The number of aryl methyl sites for hydroxylation is 2. The molecule has 2 aromatic rings. The Balaban J connectivity index is 2.19. The van der Waals surface area contributed by atoms with Gasteiger partial charge in [0.25, 0.3) is 5.91 Å². The molecule has 0 aliphatic rings. The minimum atomic E-state index is -0.923. The molecule has 0 bridgehead atoms. The van der Waals surface area contributed by atoms with Crippen molar-refractivity contribution in [3.05, 3.63) is 35.0 Å². The van der Waals surface area contributed by atoms with Gasteiger partial charge in [0.2, 0.25) is 0 Å². The van der Waals surface area contributed by atoms with E-state index in [2.05, 4.69) is 10.3 Å². The second-order valence-corrected chi connectivity index (χ2v) is 5.10. The molecule has 106 valence electrons. The van der Waals surface area contributed by atoms with E-state index in [-0.39, 0.29) is 12.5 Å². The quantitative estimate of drug-likeness (QED) is 0.799. The number of aliphatic carboxylic acids is 1. The van der Waals surface area contributed by atoms with Crippen LogP contribution >= 0.6 is 0 Å². The number of aromatic nitrogens is 1. The van der Waals surface area contributed by atoms with Crippen molar-refractivity contribution in [2.75, 3.05) is 6.54 Å². The fourth-order valence-electron chi connectivity index (χ4n) is 2.01. The van der Waals surface area contributed by atoms with Crippen LogP contribution in [0.1, 0.15) is 28.5 Å². The Morgan fingerprint density at radius 1 is 1.35 bits per heavy atom. The molecular weight excluding hydrogens is 256 g/mol.